The second-order valence-corrected chi connectivity index (χ2v) is 6.87. The van der Waals surface area contributed by atoms with E-state index in [0.29, 0.717) is 0 Å². The van der Waals surface area contributed by atoms with Crippen LogP contribution in [0.25, 0.3) is 21.9 Å². The third kappa shape index (κ3) is 3.04. The lowest BCUT2D eigenvalue weighted by molar-refractivity contribution is -0.669. The Kier molecular flexibility index (Phi) is 4.35. The summed E-state index contributed by atoms with van der Waals surface area (Å²) in [4.78, 5) is 15.3. The summed E-state index contributed by atoms with van der Waals surface area (Å²) in [6.45, 7) is 5.78. The van der Waals surface area contributed by atoms with Crippen LogP contribution in [0.3, 0.4) is 0 Å². The summed E-state index contributed by atoms with van der Waals surface area (Å²) in [5, 5.41) is 4.58. The minimum Gasteiger partial charge on any atom is -0.422 e. The first kappa shape index (κ1) is 16.6. The average Bonchev–Trinajstić information content (AvgIpc) is 3.05. The molecule has 0 spiro atoms. The third-order valence-electron chi connectivity index (χ3n) is 5.17. The average molecular weight is 347 g/mol. The molecule has 0 saturated heterocycles. The SMILES string of the molecule is Cc1ccc2c(C[NH2+]CCc3c[nH]c4ccccc34)cc(=O)oc2c1C. The van der Waals surface area contributed by atoms with E-state index in [-0.39, 0.29) is 5.63 Å². The lowest BCUT2D eigenvalue weighted by Crippen LogP contribution is -2.83. The molecule has 0 aliphatic heterocycles. The van der Waals surface area contributed by atoms with Crippen LogP contribution in [0.1, 0.15) is 22.3 Å². The van der Waals surface area contributed by atoms with Gasteiger partial charge in [0.1, 0.15) is 12.1 Å². The number of quaternary nitrogens is 1. The Morgan fingerprint density at radius 3 is 2.77 bits per heavy atom. The van der Waals surface area contributed by atoms with Crippen molar-refractivity contribution in [2.75, 3.05) is 6.54 Å². The predicted molar refractivity (Wildman–Crippen MR) is 104 cm³/mol. The van der Waals surface area contributed by atoms with Gasteiger partial charge < -0.3 is 14.7 Å². The molecule has 0 unspecified atom stereocenters. The van der Waals surface area contributed by atoms with E-state index in [9.17, 15) is 4.79 Å². The molecule has 0 aliphatic carbocycles. The van der Waals surface area contributed by atoms with Gasteiger partial charge in [-0.1, -0.05) is 30.3 Å². The lowest BCUT2D eigenvalue weighted by atomic mass is 10.0. The summed E-state index contributed by atoms with van der Waals surface area (Å²) in [6.07, 6.45) is 3.08. The maximum atomic E-state index is 11.9. The Bertz CT molecular complexity index is 1140. The molecule has 4 nitrogen and oxygen atoms in total. The van der Waals surface area contributed by atoms with Crippen LogP contribution in [0.4, 0.5) is 0 Å². The van der Waals surface area contributed by atoms with Gasteiger partial charge >= 0.3 is 5.63 Å². The molecule has 0 radical (unpaired) electrons. The van der Waals surface area contributed by atoms with Gasteiger partial charge in [-0.2, -0.15) is 0 Å². The van der Waals surface area contributed by atoms with Gasteiger partial charge in [-0.25, -0.2) is 4.79 Å². The van der Waals surface area contributed by atoms with Crippen LogP contribution < -0.4 is 10.9 Å². The molecule has 0 bridgehead atoms. The van der Waals surface area contributed by atoms with Crippen molar-refractivity contribution in [2.24, 2.45) is 0 Å². The number of hydrogen-bond acceptors (Lipinski definition) is 2. The van der Waals surface area contributed by atoms with Crippen molar-refractivity contribution in [3.63, 3.8) is 0 Å². The van der Waals surface area contributed by atoms with Crippen molar-refractivity contribution < 1.29 is 9.73 Å². The summed E-state index contributed by atoms with van der Waals surface area (Å²) >= 11 is 0. The highest BCUT2D eigenvalue weighted by molar-refractivity contribution is 5.84. The first-order valence-corrected chi connectivity index (χ1v) is 9.03. The monoisotopic (exact) mass is 347 g/mol. The van der Waals surface area contributed by atoms with Crippen molar-refractivity contribution in [3.8, 4) is 0 Å². The van der Waals surface area contributed by atoms with Crippen molar-refractivity contribution in [1.82, 2.24) is 4.98 Å². The first-order valence-electron chi connectivity index (χ1n) is 9.03. The summed E-state index contributed by atoms with van der Waals surface area (Å²) in [5.74, 6) is 0. The minimum absolute atomic E-state index is 0.272. The molecular formula is C22H23N2O2+. The fraction of sp³-hybridized carbons (Fsp3) is 0.227. The highest BCUT2D eigenvalue weighted by atomic mass is 16.4. The van der Waals surface area contributed by atoms with Gasteiger partial charge in [-0.3, -0.25) is 0 Å². The number of nitrogens with one attached hydrogen (secondary N) is 1. The second-order valence-electron chi connectivity index (χ2n) is 6.87. The summed E-state index contributed by atoms with van der Waals surface area (Å²) in [5.41, 5.74) is 6.18. The van der Waals surface area contributed by atoms with Gasteiger partial charge in [0.15, 0.2) is 0 Å². The van der Waals surface area contributed by atoms with Crippen molar-refractivity contribution in [3.05, 3.63) is 81.3 Å². The smallest absolute Gasteiger partial charge is 0.336 e. The molecule has 0 aliphatic rings. The quantitative estimate of drug-likeness (QED) is 0.430. The van der Waals surface area contributed by atoms with Gasteiger partial charge in [0.2, 0.25) is 0 Å². The Morgan fingerprint density at radius 1 is 1.04 bits per heavy atom. The normalized spacial score (nSPS) is 11.5. The van der Waals surface area contributed by atoms with E-state index in [2.05, 4.69) is 46.8 Å². The molecule has 4 heteroatoms. The molecule has 2 aromatic carbocycles. The molecule has 0 fully saturated rings. The van der Waals surface area contributed by atoms with Gasteiger partial charge in [-0.05, 0) is 36.6 Å². The number of fused-ring (bicyclic) bond motifs is 2. The molecule has 4 rings (SSSR count). The maximum Gasteiger partial charge on any atom is 0.336 e. The third-order valence-corrected chi connectivity index (χ3v) is 5.17. The highest BCUT2D eigenvalue weighted by Crippen LogP contribution is 2.22. The Balaban J connectivity index is 1.50. The van der Waals surface area contributed by atoms with E-state index in [4.69, 9.17) is 4.42 Å². The van der Waals surface area contributed by atoms with Crippen molar-refractivity contribution in [1.29, 1.82) is 0 Å². The molecule has 0 amide bonds. The molecule has 2 aromatic heterocycles. The second kappa shape index (κ2) is 6.81. The van der Waals surface area contributed by atoms with E-state index in [1.165, 1.54) is 16.5 Å². The molecule has 2 heterocycles. The molecular weight excluding hydrogens is 324 g/mol. The van der Waals surface area contributed by atoms with Gasteiger partial charge in [-0.15, -0.1) is 0 Å². The number of aryl methyl sites for hydroxylation is 2. The largest absolute Gasteiger partial charge is 0.422 e. The topological polar surface area (TPSA) is 62.6 Å². The van der Waals surface area contributed by atoms with E-state index >= 15 is 0 Å². The molecule has 132 valence electrons. The molecule has 26 heavy (non-hydrogen) atoms. The van der Waals surface area contributed by atoms with Crippen LogP contribution >= 0.6 is 0 Å². The number of para-hydroxylation sites is 1. The zero-order valence-electron chi connectivity index (χ0n) is 15.1. The van der Waals surface area contributed by atoms with Gasteiger partial charge in [0.05, 0.1) is 6.54 Å². The fourth-order valence-corrected chi connectivity index (χ4v) is 3.55. The Hall–Kier alpha value is -2.85. The fourth-order valence-electron chi connectivity index (χ4n) is 3.55. The van der Waals surface area contributed by atoms with Crippen molar-refractivity contribution >= 4 is 21.9 Å². The van der Waals surface area contributed by atoms with Gasteiger partial charge in [0.25, 0.3) is 0 Å². The zero-order chi connectivity index (χ0) is 18.1. The van der Waals surface area contributed by atoms with E-state index in [1.807, 2.05) is 19.9 Å². The Morgan fingerprint density at radius 2 is 1.88 bits per heavy atom. The summed E-state index contributed by atoms with van der Waals surface area (Å²) in [7, 11) is 0. The van der Waals surface area contributed by atoms with Crippen LogP contribution in [-0.2, 0) is 13.0 Å². The summed E-state index contributed by atoms with van der Waals surface area (Å²) < 4.78 is 5.45. The number of rotatable bonds is 5. The number of benzene rings is 2. The van der Waals surface area contributed by atoms with Crippen LogP contribution in [0.2, 0.25) is 0 Å². The molecule has 3 N–H and O–H groups in total. The van der Waals surface area contributed by atoms with Crippen LogP contribution in [0.15, 0.2) is 57.9 Å². The van der Waals surface area contributed by atoms with E-state index in [1.54, 1.807) is 6.07 Å². The number of aromatic nitrogens is 1. The molecule has 0 atom stereocenters. The number of nitrogens with two attached hydrogens (primary N) is 1. The summed E-state index contributed by atoms with van der Waals surface area (Å²) in [6, 6.07) is 14.1. The maximum absolute atomic E-state index is 11.9. The number of H-pyrrole nitrogens is 1. The standard InChI is InChI=1S/C22H22N2O2/c1-14-7-8-19-17(11-21(25)26-22(19)15(14)2)12-23-10-9-16-13-24-20-6-4-3-5-18(16)20/h3-8,11,13,23-24H,9-10,12H2,1-2H3/p+1. The number of hydrogen-bond donors (Lipinski definition) is 2. The van der Waals surface area contributed by atoms with Crippen LogP contribution in [0.5, 0.6) is 0 Å². The van der Waals surface area contributed by atoms with Crippen LogP contribution in [0, 0.1) is 13.8 Å². The number of aromatic amines is 1. The Labute approximate surface area is 151 Å². The lowest BCUT2D eigenvalue weighted by Gasteiger charge is -2.08. The predicted octanol–water partition coefficient (Wildman–Crippen LogP) is 3.20. The van der Waals surface area contributed by atoms with Gasteiger partial charge in [0, 0.05) is 40.5 Å². The van der Waals surface area contributed by atoms with E-state index in [0.717, 1.165) is 47.2 Å². The highest BCUT2D eigenvalue weighted by Gasteiger charge is 2.11. The van der Waals surface area contributed by atoms with E-state index < -0.39 is 0 Å². The minimum atomic E-state index is -0.272. The van der Waals surface area contributed by atoms with Crippen LogP contribution in [-0.4, -0.2) is 11.5 Å². The first-order chi connectivity index (χ1) is 12.6. The zero-order valence-corrected chi connectivity index (χ0v) is 15.1. The van der Waals surface area contributed by atoms with Crippen molar-refractivity contribution in [2.45, 2.75) is 26.8 Å². The molecule has 4 aromatic rings. The molecule has 0 saturated carbocycles.